The molecule has 0 fully saturated rings. The summed E-state index contributed by atoms with van der Waals surface area (Å²) < 4.78 is 15.9. The highest BCUT2D eigenvalue weighted by Gasteiger charge is 2.18. The summed E-state index contributed by atoms with van der Waals surface area (Å²) in [7, 11) is 4.62. The first-order chi connectivity index (χ1) is 11.7. The van der Waals surface area contributed by atoms with Gasteiger partial charge in [0.15, 0.2) is 17.3 Å². The molecule has 1 aromatic heterocycles. The number of nitrogens with one attached hydrogen (secondary N) is 1. The van der Waals surface area contributed by atoms with Crippen LogP contribution in [0.4, 0.5) is 0 Å². The zero-order valence-corrected chi connectivity index (χ0v) is 13.9. The summed E-state index contributed by atoms with van der Waals surface area (Å²) in [6.07, 6.45) is 2.17. The number of methoxy groups -OCH3 is 3. The number of ketones is 1. The molecule has 1 N–H and O–H groups in total. The van der Waals surface area contributed by atoms with E-state index in [1.807, 2.05) is 30.5 Å². The minimum absolute atomic E-state index is 0.0392. The standard InChI is InChI=1S/C19H19NO4/c1-22-17-11-19(24-3)18(23-2)10-14(17)16(21)9-12-4-5-15-13(8-12)6-7-20-15/h4-8,10-11,20H,9H2,1-3H3. The number of benzene rings is 2. The average Bonchev–Trinajstić information content (AvgIpc) is 3.08. The first kappa shape index (κ1) is 15.9. The highest BCUT2D eigenvalue weighted by Crippen LogP contribution is 2.35. The van der Waals surface area contributed by atoms with Crippen molar-refractivity contribution in [1.29, 1.82) is 0 Å². The van der Waals surface area contributed by atoms with Gasteiger partial charge in [0.25, 0.3) is 0 Å². The lowest BCUT2D eigenvalue weighted by molar-refractivity contribution is 0.0989. The van der Waals surface area contributed by atoms with Crippen LogP contribution in [0.25, 0.3) is 10.9 Å². The van der Waals surface area contributed by atoms with E-state index in [9.17, 15) is 4.79 Å². The highest BCUT2D eigenvalue weighted by molar-refractivity contribution is 6.01. The lowest BCUT2D eigenvalue weighted by Crippen LogP contribution is -2.07. The summed E-state index contributed by atoms with van der Waals surface area (Å²) in [6.45, 7) is 0. The minimum Gasteiger partial charge on any atom is -0.496 e. The molecular formula is C19H19NO4. The molecule has 24 heavy (non-hydrogen) atoms. The second-order valence-corrected chi connectivity index (χ2v) is 5.41. The second-order valence-electron chi connectivity index (χ2n) is 5.41. The maximum Gasteiger partial charge on any atom is 0.171 e. The third-order valence-corrected chi connectivity index (χ3v) is 3.99. The van der Waals surface area contributed by atoms with E-state index in [4.69, 9.17) is 14.2 Å². The quantitative estimate of drug-likeness (QED) is 0.703. The molecule has 0 aliphatic carbocycles. The van der Waals surface area contributed by atoms with Crippen molar-refractivity contribution in [2.45, 2.75) is 6.42 Å². The Hall–Kier alpha value is -2.95. The minimum atomic E-state index is -0.0392. The van der Waals surface area contributed by atoms with E-state index < -0.39 is 0 Å². The van der Waals surface area contributed by atoms with Crippen LogP contribution in [0.15, 0.2) is 42.6 Å². The molecule has 0 unspecified atom stereocenters. The largest absolute Gasteiger partial charge is 0.496 e. The van der Waals surface area contributed by atoms with Crippen molar-refractivity contribution < 1.29 is 19.0 Å². The smallest absolute Gasteiger partial charge is 0.171 e. The molecule has 0 aliphatic heterocycles. The summed E-state index contributed by atoms with van der Waals surface area (Å²) in [5.74, 6) is 1.46. The van der Waals surface area contributed by atoms with E-state index >= 15 is 0 Å². The van der Waals surface area contributed by atoms with Crippen LogP contribution in [0.5, 0.6) is 17.2 Å². The van der Waals surface area contributed by atoms with E-state index in [-0.39, 0.29) is 12.2 Å². The normalized spacial score (nSPS) is 10.6. The van der Waals surface area contributed by atoms with Gasteiger partial charge in [-0.1, -0.05) is 6.07 Å². The number of hydrogen-bond donors (Lipinski definition) is 1. The molecule has 0 spiro atoms. The molecule has 1 heterocycles. The zero-order chi connectivity index (χ0) is 17.1. The van der Waals surface area contributed by atoms with Gasteiger partial charge in [0, 0.05) is 24.2 Å². The molecular weight excluding hydrogens is 306 g/mol. The van der Waals surface area contributed by atoms with Gasteiger partial charge >= 0.3 is 0 Å². The van der Waals surface area contributed by atoms with Crippen LogP contribution in [0, 0.1) is 0 Å². The molecule has 0 bridgehead atoms. The number of ether oxygens (including phenoxy) is 3. The van der Waals surface area contributed by atoms with Crippen molar-refractivity contribution in [3.8, 4) is 17.2 Å². The maximum absolute atomic E-state index is 12.8. The molecule has 0 amide bonds. The Bertz CT molecular complexity index is 882. The third-order valence-electron chi connectivity index (χ3n) is 3.99. The number of carbonyl (C=O) groups excluding carboxylic acids is 1. The molecule has 0 saturated carbocycles. The highest BCUT2D eigenvalue weighted by atomic mass is 16.5. The molecule has 0 aliphatic rings. The predicted molar refractivity (Wildman–Crippen MR) is 92.4 cm³/mol. The van der Waals surface area contributed by atoms with Gasteiger partial charge in [0.05, 0.1) is 26.9 Å². The lowest BCUT2D eigenvalue weighted by Gasteiger charge is -2.13. The monoisotopic (exact) mass is 325 g/mol. The Kier molecular flexibility index (Phi) is 4.42. The van der Waals surface area contributed by atoms with Gasteiger partial charge < -0.3 is 19.2 Å². The molecule has 0 atom stereocenters. The number of fused-ring (bicyclic) bond motifs is 1. The van der Waals surface area contributed by atoms with Crippen LogP contribution in [0.3, 0.4) is 0 Å². The number of rotatable bonds is 6. The van der Waals surface area contributed by atoms with Gasteiger partial charge in [-0.3, -0.25) is 4.79 Å². The number of aromatic amines is 1. The fourth-order valence-electron chi connectivity index (χ4n) is 2.74. The van der Waals surface area contributed by atoms with E-state index in [2.05, 4.69) is 4.98 Å². The molecule has 0 saturated heterocycles. The predicted octanol–water partition coefficient (Wildman–Crippen LogP) is 3.62. The van der Waals surface area contributed by atoms with Crippen molar-refractivity contribution in [2.75, 3.05) is 21.3 Å². The molecule has 3 rings (SSSR count). The van der Waals surface area contributed by atoms with Crippen molar-refractivity contribution in [2.24, 2.45) is 0 Å². The van der Waals surface area contributed by atoms with Crippen LogP contribution in [-0.4, -0.2) is 32.1 Å². The van der Waals surface area contributed by atoms with E-state index in [1.54, 1.807) is 26.4 Å². The topological polar surface area (TPSA) is 60.5 Å². The zero-order valence-electron chi connectivity index (χ0n) is 13.9. The fourth-order valence-corrected chi connectivity index (χ4v) is 2.74. The van der Waals surface area contributed by atoms with Gasteiger partial charge in [-0.25, -0.2) is 0 Å². The second kappa shape index (κ2) is 6.66. The van der Waals surface area contributed by atoms with Gasteiger partial charge in [0.2, 0.25) is 0 Å². The third kappa shape index (κ3) is 2.93. The van der Waals surface area contributed by atoms with Gasteiger partial charge in [0.1, 0.15) is 5.75 Å². The number of hydrogen-bond acceptors (Lipinski definition) is 4. The molecule has 5 heteroatoms. The summed E-state index contributed by atoms with van der Waals surface area (Å²) >= 11 is 0. The Morgan fingerprint density at radius 1 is 0.917 bits per heavy atom. The van der Waals surface area contributed by atoms with E-state index in [0.29, 0.717) is 22.8 Å². The number of carbonyl (C=O) groups is 1. The molecule has 124 valence electrons. The molecule has 3 aromatic rings. The first-order valence-corrected chi connectivity index (χ1v) is 7.55. The van der Waals surface area contributed by atoms with E-state index in [0.717, 1.165) is 16.5 Å². The van der Waals surface area contributed by atoms with Crippen LogP contribution in [0.2, 0.25) is 0 Å². The van der Waals surface area contributed by atoms with Crippen LogP contribution >= 0.6 is 0 Å². The maximum atomic E-state index is 12.8. The van der Waals surface area contributed by atoms with Crippen LogP contribution in [-0.2, 0) is 6.42 Å². The molecule has 5 nitrogen and oxygen atoms in total. The van der Waals surface area contributed by atoms with Gasteiger partial charge in [-0.2, -0.15) is 0 Å². The summed E-state index contributed by atoms with van der Waals surface area (Å²) in [5, 5.41) is 1.08. The van der Waals surface area contributed by atoms with Gasteiger partial charge in [-0.15, -0.1) is 0 Å². The Morgan fingerprint density at radius 2 is 1.62 bits per heavy atom. The number of H-pyrrole nitrogens is 1. The fraction of sp³-hybridized carbons (Fsp3) is 0.211. The Morgan fingerprint density at radius 3 is 2.33 bits per heavy atom. The van der Waals surface area contributed by atoms with Gasteiger partial charge in [-0.05, 0) is 35.2 Å². The van der Waals surface area contributed by atoms with Crippen LogP contribution < -0.4 is 14.2 Å². The van der Waals surface area contributed by atoms with Crippen LogP contribution in [0.1, 0.15) is 15.9 Å². The molecule has 0 radical (unpaired) electrons. The van der Waals surface area contributed by atoms with Crippen molar-refractivity contribution in [3.05, 3.63) is 53.7 Å². The first-order valence-electron chi connectivity index (χ1n) is 7.55. The summed E-state index contributed by atoms with van der Waals surface area (Å²) in [4.78, 5) is 15.9. The Balaban J connectivity index is 1.93. The molecule has 2 aromatic carbocycles. The SMILES string of the molecule is COc1cc(OC)c(C(=O)Cc2ccc3[nH]ccc3c2)cc1OC. The summed E-state index contributed by atoms with van der Waals surface area (Å²) in [5.41, 5.74) is 2.48. The van der Waals surface area contributed by atoms with Crippen molar-refractivity contribution in [3.63, 3.8) is 0 Å². The Labute approximate surface area is 140 Å². The van der Waals surface area contributed by atoms with E-state index in [1.165, 1.54) is 7.11 Å². The lowest BCUT2D eigenvalue weighted by atomic mass is 10.0. The number of aromatic nitrogens is 1. The van der Waals surface area contributed by atoms with Crippen molar-refractivity contribution >= 4 is 16.7 Å². The summed E-state index contributed by atoms with van der Waals surface area (Å²) in [6, 6.07) is 11.3. The van der Waals surface area contributed by atoms with Crippen molar-refractivity contribution in [1.82, 2.24) is 4.98 Å². The number of Topliss-reactive ketones (excluding diaryl/α,β-unsaturated/α-hetero) is 1. The average molecular weight is 325 g/mol.